The number of ether oxygens (including phenoxy) is 1. The fraction of sp³-hybridized carbons (Fsp3) is 0.857. The van der Waals surface area contributed by atoms with Crippen LogP contribution in [0.4, 0.5) is 0 Å². The van der Waals surface area contributed by atoms with Crippen LogP contribution in [0.3, 0.4) is 0 Å². The van der Waals surface area contributed by atoms with Gasteiger partial charge < -0.3 is 9.64 Å². The van der Waals surface area contributed by atoms with Crippen LogP contribution >= 0.6 is 12.6 Å². The topological polar surface area (TPSA) is 29.5 Å². The van der Waals surface area contributed by atoms with Crippen molar-refractivity contribution in [3.63, 3.8) is 0 Å². The summed E-state index contributed by atoms with van der Waals surface area (Å²) in [6, 6.07) is 0.291. The lowest BCUT2D eigenvalue weighted by atomic mass is 10.2. The van der Waals surface area contributed by atoms with Crippen LogP contribution in [0.15, 0.2) is 0 Å². The van der Waals surface area contributed by atoms with Gasteiger partial charge in [-0.3, -0.25) is 4.79 Å². The molecule has 0 radical (unpaired) electrons. The molecule has 3 nitrogen and oxygen atoms in total. The molecular weight excluding hydrogens is 162 g/mol. The zero-order valence-electron chi connectivity index (χ0n) is 6.40. The second-order valence-electron chi connectivity index (χ2n) is 2.64. The molecule has 11 heavy (non-hydrogen) atoms. The molecule has 0 aromatic rings. The molecular formula is C7H13NO2S. The molecule has 4 heteroatoms. The zero-order valence-corrected chi connectivity index (χ0v) is 7.30. The van der Waals surface area contributed by atoms with E-state index in [-0.39, 0.29) is 0 Å². The summed E-state index contributed by atoms with van der Waals surface area (Å²) in [4.78, 5) is 12.2. The van der Waals surface area contributed by atoms with Crippen molar-refractivity contribution in [3.05, 3.63) is 0 Å². The number of carbonyl (C=O) groups is 1. The summed E-state index contributed by atoms with van der Waals surface area (Å²) in [5.74, 6) is 0.434. The van der Waals surface area contributed by atoms with E-state index in [0.717, 1.165) is 25.8 Å². The highest BCUT2D eigenvalue weighted by Crippen LogP contribution is 2.14. The largest absolute Gasteiger partial charge is 0.369 e. The third kappa shape index (κ3) is 2.38. The van der Waals surface area contributed by atoms with Crippen LogP contribution in [-0.4, -0.2) is 36.4 Å². The Balaban J connectivity index is 2.25. The zero-order chi connectivity index (χ0) is 8.10. The minimum absolute atomic E-state index is 0.291. The Bertz CT molecular complexity index is 132. The van der Waals surface area contributed by atoms with Crippen molar-refractivity contribution >= 4 is 19.0 Å². The molecule has 0 aromatic heterocycles. The van der Waals surface area contributed by atoms with Gasteiger partial charge in [0.15, 0.2) is 0 Å². The summed E-state index contributed by atoms with van der Waals surface area (Å²) >= 11 is 3.92. The average Bonchev–Trinajstić information content (AvgIpc) is 2.47. The lowest BCUT2D eigenvalue weighted by molar-refractivity contribution is -0.119. The molecule has 0 unspecified atom stereocenters. The predicted octanol–water partition coefficient (Wildman–Crippen LogP) is 0.511. The van der Waals surface area contributed by atoms with Gasteiger partial charge in [-0.1, -0.05) is 0 Å². The van der Waals surface area contributed by atoms with Crippen LogP contribution in [0.1, 0.15) is 12.8 Å². The van der Waals surface area contributed by atoms with E-state index < -0.39 is 0 Å². The van der Waals surface area contributed by atoms with Crippen LogP contribution in [0.25, 0.3) is 0 Å². The van der Waals surface area contributed by atoms with Gasteiger partial charge in [-0.15, -0.1) is 0 Å². The van der Waals surface area contributed by atoms with Gasteiger partial charge in [0.25, 0.3) is 0 Å². The molecule has 1 fully saturated rings. The monoisotopic (exact) mass is 175 g/mol. The van der Waals surface area contributed by atoms with E-state index in [4.69, 9.17) is 4.74 Å². The Kier molecular flexibility index (Phi) is 3.72. The number of thiol groups is 1. The van der Waals surface area contributed by atoms with E-state index in [9.17, 15) is 4.79 Å². The Hall–Kier alpha value is -0.220. The van der Waals surface area contributed by atoms with Crippen molar-refractivity contribution in [3.8, 4) is 0 Å². The minimum atomic E-state index is 0.291. The summed E-state index contributed by atoms with van der Waals surface area (Å²) in [7, 11) is 0. The first-order valence-corrected chi connectivity index (χ1v) is 4.41. The summed E-state index contributed by atoms with van der Waals surface area (Å²) in [6.07, 6.45) is 3.06. The van der Waals surface area contributed by atoms with E-state index >= 15 is 0 Å². The Morgan fingerprint density at radius 1 is 1.73 bits per heavy atom. The van der Waals surface area contributed by atoms with Gasteiger partial charge in [0, 0.05) is 6.54 Å². The first kappa shape index (κ1) is 8.87. The predicted molar refractivity (Wildman–Crippen MR) is 45.6 cm³/mol. The maximum Gasteiger partial charge on any atom is 0.210 e. The molecule has 0 bridgehead atoms. The van der Waals surface area contributed by atoms with Gasteiger partial charge in [-0.25, -0.2) is 0 Å². The summed E-state index contributed by atoms with van der Waals surface area (Å²) < 4.78 is 5.11. The molecule has 1 aliphatic rings. The number of hydrogen-bond donors (Lipinski definition) is 1. The standard InChI is InChI=1S/C7H13NO2S/c9-5-8-3-1-2-7(8)4-10-6-11/h5,7,11H,1-4,6H2/t7-/m1/s1. The van der Waals surface area contributed by atoms with E-state index in [1.165, 1.54) is 0 Å². The molecule has 1 atom stereocenters. The van der Waals surface area contributed by atoms with Crippen molar-refractivity contribution in [1.29, 1.82) is 0 Å². The lowest BCUT2D eigenvalue weighted by Crippen LogP contribution is -2.31. The van der Waals surface area contributed by atoms with E-state index in [1.54, 1.807) is 4.90 Å². The van der Waals surface area contributed by atoms with Gasteiger partial charge in [0.1, 0.15) is 0 Å². The molecule has 0 saturated carbocycles. The molecule has 0 spiro atoms. The van der Waals surface area contributed by atoms with Crippen LogP contribution < -0.4 is 0 Å². The van der Waals surface area contributed by atoms with Crippen molar-refractivity contribution in [1.82, 2.24) is 4.90 Å². The number of carbonyl (C=O) groups excluding carboxylic acids is 1. The van der Waals surface area contributed by atoms with Gasteiger partial charge >= 0.3 is 0 Å². The summed E-state index contributed by atoms with van der Waals surface area (Å²) in [5.41, 5.74) is 0. The fourth-order valence-electron chi connectivity index (χ4n) is 1.36. The smallest absolute Gasteiger partial charge is 0.210 e. The molecule has 1 amide bonds. The number of nitrogens with zero attached hydrogens (tertiary/aromatic N) is 1. The number of amides is 1. The Morgan fingerprint density at radius 3 is 3.18 bits per heavy atom. The van der Waals surface area contributed by atoms with Gasteiger partial charge in [-0.05, 0) is 12.8 Å². The fourth-order valence-corrected chi connectivity index (χ4v) is 1.47. The maximum absolute atomic E-state index is 10.4. The molecule has 1 heterocycles. The normalized spacial score (nSPS) is 24.1. The molecule has 1 saturated heterocycles. The van der Waals surface area contributed by atoms with E-state index in [1.807, 2.05) is 0 Å². The third-order valence-electron chi connectivity index (χ3n) is 1.96. The van der Waals surface area contributed by atoms with Gasteiger partial charge in [0.05, 0.1) is 18.6 Å². The second-order valence-corrected chi connectivity index (χ2v) is 2.90. The average molecular weight is 175 g/mol. The van der Waals surface area contributed by atoms with Crippen LogP contribution in [0, 0.1) is 0 Å². The molecule has 1 aliphatic heterocycles. The molecule has 0 aliphatic carbocycles. The second kappa shape index (κ2) is 4.62. The molecule has 0 N–H and O–H groups in total. The molecule has 64 valence electrons. The van der Waals surface area contributed by atoms with Crippen LogP contribution in [0.5, 0.6) is 0 Å². The first-order valence-electron chi connectivity index (χ1n) is 3.78. The van der Waals surface area contributed by atoms with Crippen LogP contribution in [0.2, 0.25) is 0 Å². The minimum Gasteiger partial charge on any atom is -0.369 e. The summed E-state index contributed by atoms with van der Waals surface area (Å²) in [5, 5.41) is 0. The van der Waals surface area contributed by atoms with Crippen molar-refractivity contribution in [2.75, 3.05) is 19.1 Å². The van der Waals surface area contributed by atoms with Crippen molar-refractivity contribution in [2.45, 2.75) is 18.9 Å². The van der Waals surface area contributed by atoms with Crippen LogP contribution in [-0.2, 0) is 9.53 Å². The third-order valence-corrected chi connectivity index (χ3v) is 2.14. The highest BCUT2D eigenvalue weighted by molar-refractivity contribution is 7.80. The van der Waals surface area contributed by atoms with Crippen molar-refractivity contribution in [2.24, 2.45) is 0 Å². The molecule has 0 aromatic carbocycles. The number of hydrogen-bond acceptors (Lipinski definition) is 3. The highest BCUT2D eigenvalue weighted by atomic mass is 32.1. The Morgan fingerprint density at radius 2 is 2.55 bits per heavy atom. The number of rotatable bonds is 4. The number of likely N-dealkylation sites (tertiary alicyclic amines) is 1. The van der Waals surface area contributed by atoms with E-state index in [0.29, 0.717) is 18.6 Å². The lowest BCUT2D eigenvalue weighted by Gasteiger charge is -2.18. The summed E-state index contributed by atoms with van der Waals surface area (Å²) in [6.45, 7) is 1.51. The van der Waals surface area contributed by atoms with E-state index in [2.05, 4.69) is 12.6 Å². The van der Waals surface area contributed by atoms with Gasteiger partial charge in [-0.2, -0.15) is 12.6 Å². The molecule has 1 rings (SSSR count). The SMILES string of the molecule is O=CN1CCC[C@@H]1COCS. The first-order chi connectivity index (χ1) is 5.38. The van der Waals surface area contributed by atoms with Crippen molar-refractivity contribution < 1.29 is 9.53 Å². The maximum atomic E-state index is 10.4. The Labute approximate surface area is 72.1 Å². The quantitative estimate of drug-likeness (QED) is 0.383. The highest BCUT2D eigenvalue weighted by Gasteiger charge is 2.22. The van der Waals surface area contributed by atoms with Gasteiger partial charge in [0.2, 0.25) is 6.41 Å².